The van der Waals surface area contributed by atoms with Gasteiger partial charge < -0.3 is 14.2 Å². The van der Waals surface area contributed by atoms with Gasteiger partial charge >= 0.3 is 0 Å². The van der Waals surface area contributed by atoms with Crippen LogP contribution in [0.1, 0.15) is 40.5 Å². The van der Waals surface area contributed by atoms with Crippen LogP contribution in [-0.2, 0) is 14.2 Å². The standard InChI is InChI=1S/C11H20O3/c1-5-6-8-7(2)9-10(12-8)14-11(3,4)13-9/h7-10H,5-6H2,1-4H3/t7-,8-,9-,10-/m1/s1. The molecular formula is C11H20O3. The smallest absolute Gasteiger partial charge is 0.187 e. The van der Waals surface area contributed by atoms with Crippen molar-refractivity contribution in [3.63, 3.8) is 0 Å². The van der Waals surface area contributed by atoms with Gasteiger partial charge in [0.15, 0.2) is 12.1 Å². The first-order chi connectivity index (χ1) is 6.53. The summed E-state index contributed by atoms with van der Waals surface area (Å²) < 4.78 is 17.3. The van der Waals surface area contributed by atoms with Crippen LogP contribution >= 0.6 is 0 Å². The molecule has 2 aliphatic rings. The van der Waals surface area contributed by atoms with Gasteiger partial charge in [-0.15, -0.1) is 0 Å². The average molecular weight is 200 g/mol. The summed E-state index contributed by atoms with van der Waals surface area (Å²) in [6.45, 7) is 8.25. The van der Waals surface area contributed by atoms with E-state index < -0.39 is 5.79 Å². The second-order valence-electron chi connectivity index (χ2n) is 4.79. The lowest BCUT2D eigenvalue weighted by Crippen LogP contribution is -2.28. The molecule has 0 unspecified atom stereocenters. The lowest BCUT2D eigenvalue weighted by atomic mass is 9.98. The van der Waals surface area contributed by atoms with Gasteiger partial charge in [-0.1, -0.05) is 20.3 Å². The number of hydrogen-bond acceptors (Lipinski definition) is 3. The summed E-state index contributed by atoms with van der Waals surface area (Å²) in [6, 6.07) is 0. The van der Waals surface area contributed by atoms with Crippen LogP contribution in [0.3, 0.4) is 0 Å². The zero-order valence-electron chi connectivity index (χ0n) is 9.45. The van der Waals surface area contributed by atoms with Crippen molar-refractivity contribution in [2.24, 2.45) is 5.92 Å². The van der Waals surface area contributed by atoms with E-state index in [1.54, 1.807) is 0 Å². The molecule has 2 heterocycles. The van der Waals surface area contributed by atoms with Crippen molar-refractivity contribution in [2.75, 3.05) is 0 Å². The highest BCUT2D eigenvalue weighted by Crippen LogP contribution is 2.41. The lowest BCUT2D eigenvalue weighted by Gasteiger charge is -2.23. The third-order valence-corrected chi connectivity index (χ3v) is 3.07. The normalized spacial score (nSPS) is 45.4. The van der Waals surface area contributed by atoms with Crippen LogP contribution in [0.4, 0.5) is 0 Å². The summed E-state index contributed by atoms with van der Waals surface area (Å²) in [4.78, 5) is 0. The Morgan fingerprint density at radius 2 is 1.93 bits per heavy atom. The molecule has 0 aromatic heterocycles. The molecule has 0 saturated carbocycles. The molecule has 14 heavy (non-hydrogen) atoms. The Morgan fingerprint density at radius 1 is 1.21 bits per heavy atom. The summed E-state index contributed by atoms with van der Waals surface area (Å²) in [6.07, 6.45) is 2.54. The Kier molecular flexibility index (Phi) is 2.58. The predicted molar refractivity (Wildman–Crippen MR) is 52.8 cm³/mol. The minimum absolute atomic E-state index is 0.126. The van der Waals surface area contributed by atoms with Crippen molar-refractivity contribution in [1.82, 2.24) is 0 Å². The van der Waals surface area contributed by atoms with E-state index in [4.69, 9.17) is 14.2 Å². The zero-order valence-corrected chi connectivity index (χ0v) is 9.45. The molecule has 0 aliphatic carbocycles. The highest BCUT2D eigenvalue weighted by atomic mass is 16.8. The highest BCUT2D eigenvalue weighted by molar-refractivity contribution is 4.90. The van der Waals surface area contributed by atoms with Gasteiger partial charge in [0.1, 0.15) is 6.10 Å². The molecular weight excluding hydrogens is 180 g/mol. The summed E-state index contributed by atoms with van der Waals surface area (Å²) in [7, 11) is 0. The minimum Gasteiger partial charge on any atom is -0.346 e. The van der Waals surface area contributed by atoms with Gasteiger partial charge in [0.2, 0.25) is 0 Å². The fraction of sp³-hybridized carbons (Fsp3) is 1.00. The predicted octanol–water partition coefficient (Wildman–Crippen LogP) is 2.30. The second kappa shape index (κ2) is 3.47. The molecule has 2 aliphatic heterocycles. The van der Waals surface area contributed by atoms with E-state index in [1.165, 1.54) is 0 Å². The fourth-order valence-electron chi connectivity index (χ4n) is 2.34. The SMILES string of the molecule is CCC[C@H]1O[C@@H]2OC(C)(C)O[C@@H]2[C@@H]1C. The Balaban J connectivity index is 2.00. The van der Waals surface area contributed by atoms with E-state index in [0.29, 0.717) is 12.0 Å². The highest BCUT2D eigenvalue weighted by Gasteiger charge is 2.52. The van der Waals surface area contributed by atoms with E-state index >= 15 is 0 Å². The quantitative estimate of drug-likeness (QED) is 0.684. The van der Waals surface area contributed by atoms with Crippen molar-refractivity contribution in [1.29, 1.82) is 0 Å². The fourth-order valence-corrected chi connectivity index (χ4v) is 2.34. The Hall–Kier alpha value is -0.120. The maximum Gasteiger partial charge on any atom is 0.187 e. The molecule has 0 aromatic rings. The summed E-state index contributed by atoms with van der Waals surface area (Å²) in [5.41, 5.74) is 0. The molecule has 0 N–H and O–H groups in total. The van der Waals surface area contributed by atoms with E-state index in [1.807, 2.05) is 13.8 Å². The first-order valence-corrected chi connectivity index (χ1v) is 5.54. The maximum atomic E-state index is 5.83. The van der Waals surface area contributed by atoms with Crippen LogP contribution in [0, 0.1) is 5.92 Å². The van der Waals surface area contributed by atoms with Gasteiger partial charge in [-0.05, 0) is 20.3 Å². The second-order valence-corrected chi connectivity index (χ2v) is 4.79. The Labute approximate surface area is 85.7 Å². The molecule has 82 valence electrons. The van der Waals surface area contributed by atoms with E-state index in [-0.39, 0.29) is 12.4 Å². The third-order valence-electron chi connectivity index (χ3n) is 3.07. The van der Waals surface area contributed by atoms with Crippen molar-refractivity contribution in [2.45, 2.75) is 64.8 Å². The molecule has 3 nitrogen and oxygen atoms in total. The molecule has 0 bridgehead atoms. The Morgan fingerprint density at radius 3 is 2.50 bits per heavy atom. The number of hydrogen-bond donors (Lipinski definition) is 0. The molecule has 2 saturated heterocycles. The molecule has 0 aromatic carbocycles. The molecule has 0 radical (unpaired) electrons. The summed E-state index contributed by atoms with van der Waals surface area (Å²) >= 11 is 0. The maximum absolute atomic E-state index is 5.83. The summed E-state index contributed by atoms with van der Waals surface area (Å²) in [5, 5.41) is 0. The number of fused-ring (bicyclic) bond motifs is 1. The van der Waals surface area contributed by atoms with Crippen LogP contribution in [-0.4, -0.2) is 24.3 Å². The number of ether oxygens (including phenoxy) is 3. The van der Waals surface area contributed by atoms with Crippen LogP contribution in [0.25, 0.3) is 0 Å². The zero-order chi connectivity index (χ0) is 10.3. The van der Waals surface area contributed by atoms with Crippen LogP contribution in [0.15, 0.2) is 0 Å². The van der Waals surface area contributed by atoms with Gasteiger partial charge in [0.25, 0.3) is 0 Å². The number of rotatable bonds is 2. The van der Waals surface area contributed by atoms with Crippen molar-refractivity contribution in [3.8, 4) is 0 Å². The molecule has 4 atom stereocenters. The van der Waals surface area contributed by atoms with E-state index in [2.05, 4.69) is 13.8 Å². The van der Waals surface area contributed by atoms with Gasteiger partial charge in [0.05, 0.1) is 6.10 Å². The van der Waals surface area contributed by atoms with Gasteiger partial charge in [-0.3, -0.25) is 0 Å². The first-order valence-electron chi connectivity index (χ1n) is 5.54. The molecule has 3 heteroatoms. The monoisotopic (exact) mass is 200 g/mol. The van der Waals surface area contributed by atoms with Crippen molar-refractivity contribution in [3.05, 3.63) is 0 Å². The van der Waals surface area contributed by atoms with Crippen LogP contribution < -0.4 is 0 Å². The summed E-state index contributed by atoms with van der Waals surface area (Å²) in [5.74, 6) is -0.0254. The molecule has 2 rings (SSSR count). The van der Waals surface area contributed by atoms with Gasteiger partial charge in [-0.2, -0.15) is 0 Å². The van der Waals surface area contributed by atoms with Crippen molar-refractivity contribution >= 4 is 0 Å². The molecule has 2 fully saturated rings. The van der Waals surface area contributed by atoms with E-state index in [0.717, 1.165) is 12.8 Å². The topological polar surface area (TPSA) is 27.7 Å². The minimum atomic E-state index is -0.471. The third kappa shape index (κ3) is 1.69. The van der Waals surface area contributed by atoms with Crippen LogP contribution in [0.5, 0.6) is 0 Å². The first kappa shape index (κ1) is 10.4. The Bertz CT molecular complexity index is 215. The molecule has 0 amide bonds. The van der Waals surface area contributed by atoms with Gasteiger partial charge in [-0.25, -0.2) is 0 Å². The van der Waals surface area contributed by atoms with Crippen LogP contribution in [0.2, 0.25) is 0 Å². The van der Waals surface area contributed by atoms with Gasteiger partial charge in [0, 0.05) is 5.92 Å². The van der Waals surface area contributed by atoms with E-state index in [9.17, 15) is 0 Å². The largest absolute Gasteiger partial charge is 0.346 e. The molecule has 0 spiro atoms. The average Bonchev–Trinajstić information content (AvgIpc) is 2.50. The van der Waals surface area contributed by atoms with Crippen molar-refractivity contribution < 1.29 is 14.2 Å². The lowest BCUT2D eigenvalue weighted by molar-refractivity contribution is -0.209.